The second kappa shape index (κ2) is 11.5. The summed E-state index contributed by atoms with van der Waals surface area (Å²) in [6.07, 6.45) is 4.75. The van der Waals surface area contributed by atoms with Crippen molar-refractivity contribution >= 4 is 28.5 Å². The SMILES string of the molecule is C=C(S/C(C)=C\C)C(C)Nc1ncnc2c(OC)cc(-c3ccc(F)cn3)cc12.CC. The van der Waals surface area contributed by atoms with Crippen molar-refractivity contribution in [3.63, 3.8) is 0 Å². The second-order valence-electron chi connectivity index (χ2n) is 6.49. The smallest absolute Gasteiger partial charge is 0.145 e. The van der Waals surface area contributed by atoms with Crippen molar-refractivity contribution in [3.05, 3.63) is 65.1 Å². The van der Waals surface area contributed by atoms with Gasteiger partial charge in [-0.05, 0) is 49.9 Å². The summed E-state index contributed by atoms with van der Waals surface area (Å²) < 4.78 is 18.8. The van der Waals surface area contributed by atoms with E-state index in [4.69, 9.17) is 4.74 Å². The molecule has 0 bridgehead atoms. The fourth-order valence-electron chi connectivity index (χ4n) is 2.74. The highest BCUT2D eigenvalue weighted by Crippen LogP contribution is 2.34. The van der Waals surface area contributed by atoms with Gasteiger partial charge in [-0.1, -0.05) is 38.3 Å². The number of allylic oxidation sites excluding steroid dienone is 2. The number of halogens is 1. The van der Waals surface area contributed by atoms with Crippen LogP contribution in [0.25, 0.3) is 22.2 Å². The van der Waals surface area contributed by atoms with Crippen molar-refractivity contribution in [3.8, 4) is 17.0 Å². The van der Waals surface area contributed by atoms with E-state index in [1.807, 2.05) is 39.8 Å². The number of fused-ring (bicyclic) bond motifs is 1. The Kier molecular flexibility index (Phi) is 9.00. The van der Waals surface area contributed by atoms with Crippen molar-refractivity contribution < 1.29 is 9.13 Å². The molecule has 5 nitrogen and oxygen atoms in total. The van der Waals surface area contributed by atoms with Gasteiger partial charge in [0.25, 0.3) is 0 Å². The minimum Gasteiger partial charge on any atom is -0.494 e. The maximum absolute atomic E-state index is 13.3. The number of thioether (sulfide) groups is 1. The normalized spacial score (nSPS) is 12.0. The highest BCUT2D eigenvalue weighted by molar-refractivity contribution is 8.06. The van der Waals surface area contributed by atoms with Crippen LogP contribution in [0.15, 0.2) is 59.3 Å². The van der Waals surface area contributed by atoms with Crippen LogP contribution >= 0.6 is 11.8 Å². The average molecular weight is 441 g/mol. The molecule has 7 heteroatoms. The number of nitrogens with one attached hydrogen (secondary N) is 1. The lowest BCUT2D eigenvalue weighted by Gasteiger charge is -2.19. The van der Waals surface area contributed by atoms with Crippen LogP contribution in [0.2, 0.25) is 0 Å². The summed E-state index contributed by atoms with van der Waals surface area (Å²) >= 11 is 1.63. The molecule has 0 amide bonds. The van der Waals surface area contributed by atoms with E-state index in [0.29, 0.717) is 22.8 Å². The Labute approximate surface area is 187 Å². The van der Waals surface area contributed by atoms with Gasteiger partial charge in [0.2, 0.25) is 0 Å². The topological polar surface area (TPSA) is 59.9 Å². The maximum Gasteiger partial charge on any atom is 0.145 e. The van der Waals surface area contributed by atoms with Crippen molar-refractivity contribution in [1.82, 2.24) is 15.0 Å². The Balaban J connectivity index is 0.00000166. The third-order valence-corrected chi connectivity index (χ3v) is 5.66. The molecule has 3 aromatic rings. The molecule has 0 aliphatic rings. The van der Waals surface area contributed by atoms with Crippen molar-refractivity contribution in [2.75, 3.05) is 12.4 Å². The van der Waals surface area contributed by atoms with Gasteiger partial charge in [0.1, 0.15) is 29.2 Å². The number of hydrogen-bond donors (Lipinski definition) is 1. The van der Waals surface area contributed by atoms with Crippen molar-refractivity contribution in [1.29, 1.82) is 0 Å². The first-order chi connectivity index (χ1) is 14.9. The van der Waals surface area contributed by atoms with Crippen LogP contribution in [-0.2, 0) is 0 Å². The second-order valence-corrected chi connectivity index (χ2v) is 7.86. The molecule has 2 aromatic heterocycles. The number of benzene rings is 1. The number of hydrogen-bond acceptors (Lipinski definition) is 6. The quantitative estimate of drug-likeness (QED) is 0.434. The molecule has 0 spiro atoms. The van der Waals surface area contributed by atoms with Gasteiger partial charge in [-0.15, -0.1) is 0 Å². The predicted molar refractivity (Wildman–Crippen MR) is 130 cm³/mol. The summed E-state index contributed by atoms with van der Waals surface area (Å²) in [5, 5.41) is 4.21. The zero-order chi connectivity index (χ0) is 23.0. The zero-order valence-electron chi connectivity index (χ0n) is 18.9. The molecule has 31 heavy (non-hydrogen) atoms. The summed E-state index contributed by atoms with van der Waals surface area (Å²) in [7, 11) is 1.59. The van der Waals surface area contributed by atoms with E-state index in [-0.39, 0.29) is 11.9 Å². The predicted octanol–water partition coefficient (Wildman–Crippen LogP) is 6.84. The fourth-order valence-corrected chi connectivity index (χ4v) is 3.51. The Hall–Kier alpha value is -2.93. The molecule has 1 aromatic carbocycles. The highest BCUT2D eigenvalue weighted by atomic mass is 32.2. The number of rotatable bonds is 7. The van der Waals surface area contributed by atoms with Gasteiger partial charge < -0.3 is 10.1 Å². The lowest BCUT2D eigenvalue weighted by Crippen LogP contribution is -2.17. The molecule has 1 atom stereocenters. The maximum atomic E-state index is 13.3. The van der Waals surface area contributed by atoms with E-state index in [9.17, 15) is 4.39 Å². The van der Waals surface area contributed by atoms with Gasteiger partial charge in [-0.3, -0.25) is 4.98 Å². The number of nitrogens with zero attached hydrogens (tertiary/aromatic N) is 3. The minimum absolute atomic E-state index is 0.0217. The standard InChI is InChI=1S/C22H23FN4OS.C2H6/c1-6-13(2)29-15(4)14(3)27-22-18-9-16(19-8-7-17(23)11-24-19)10-20(28-5)21(18)25-12-26-22;1-2/h6-12,14H,4H2,1-3,5H3,(H,25,26,27);1-2H3/b13-6-;. The molecule has 0 radical (unpaired) electrons. The zero-order valence-corrected chi connectivity index (χ0v) is 19.7. The Morgan fingerprint density at radius 1 is 1.23 bits per heavy atom. The van der Waals surface area contributed by atoms with Crippen LogP contribution in [0, 0.1) is 5.82 Å². The fraction of sp³-hybridized carbons (Fsp3) is 0.292. The minimum atomic E-state index is -0.381. The first kappa shape index (κ1) is 24.3. The van der Waals surface area contributed by atoms with Gasteiger partial charge in [0.05, 0.1) is 25.0 Å². The Morgan fingerprint density at radius 2 is 1.97 bits per heavy atom. The monoisotopic (exact) mass is 440 g/mol. The highest BCUT2D eigenvalue weighted by Gasteiger charge is 2.15. The van der Waals surface area contributed by atoms with Crippen LogP contribution in [0.3, 0.4) is 0 Å². The van der Waals surface area contributed by atoms with Gasteiger partial charge in [0.15, 0.2) is 0 Å². The van der Waals surface area contributed by atoms with E-state index < -0.39 is 0 Å². The Bertz CT molecular complexity index is 1070. The molecule has 164 valence electrons. The summed E-state index contributed by atoms with van der Waals surface area (Å²) in [6.45, 7) is 14.3. The Morgan fingerprint density at radius 3 is 2.58 bits per heavy atom. The number of anilines is 1. The van der Waals surface area contributed by atoms with Gasteiger partial charge >= 0.3 is 0 Å². The number of pyridine rings is 1. The van der Waals surface area contributed by atoms with Crippen molar-refractivity contribution in [2.45, 2.75) is 40.7 Å². The van der Waals surface area contributed by atoms with Crippen LogP contribution in [0.5, 0.6) is 5.75 Å². The number of methoxy groups -OCH3 is 1. The van der Waals surface area contributed by atoms with Crippen LogP contribution < -0.4 is 10.1 Å². The molecule has 0 fully saturated rings. The summed E-state index contributed by atoms with van der Waals surface area (Å²) in [5.74, 6) is 0.887. The van der Waals surface area contributed by atoms with Gasteiger partial charge in [-0.25, -0.2) is 14.4 Å². The van der Waals surface area contributed by atoms with E-state index >= 15 is 0 Å². The lowest BCUT2D eigenvalue weighted by atomic mass is 10.1. The molecule has 0 saturated heterocycles. The van der Waals surface area contributed by atoms with E-state index in [2.05, 4.69) is 39.8 Å². The molecule has 0 aliphatic heterocycles. The molecule has 2 heterocycles. The molecule has 1 unspecified atom stereocenters. The molecular formula is C24H29FN4OS. The molecule has 3 rings (SSSR count). The van der Waals surface area contributed by atoms with Gasteiger partial charge in [-0.2, -0.15) is 0 Å². The number of ether oxygens (including phenoxy) is 1. The van der Waals surface area contributed by atoms with E-state index in [0.717, 1.165) is 15.9 Å². The first-order valence-corrected chi connectivity index (χ1v) is 10.9. The largest absolute Gasteiger partial charge is 0.494 e. The number of aromatic nitrogens is 3. The molecule has 0 aliphatic carbocycles. The summed E-state index contributed by atoms with van der Waals surface area (Å²) in [4.78, 5) is 15.2. The van der Waals surface area contributed by atoms with Crippen LogP contribution in [-0.4, -0.2) is 28.1 Å². The van der Waals surface area contributed by atoms with Gasteiger partial charge in [0, 0.05) is 15.9 Å². The van der Waals surface area contributed by atoms with Crippen LogP contribution in [0.4, 0.5) is 10.2 Å². The lowest BCUT2D eigenvalue weighted by molar-refractivity contribution is 0.419. The van der Waals surface area contributed by atoms with E-state index in [1.165, 1.54) is 23.5 Å². The van der Waals surface area contributed by atoms with Crippen LogP contribution in [0.1, 0.15) is 34.6 Å². The third kappa shape index (κ3) is 6.04. The van der Waals surface area contributed by atoms with Crippen molar-refractivity contribution in [2.24, 2.45) is 0 Å². The molecular weight excluding hydrogens is 411 g/mol. The molecule has 0 saturated carbocycles. The van der Waals surface area contributed by atoms with E-state index in [1.54, 1.807) is 24.9 Å². The summed E-state index contributed by atoms with van der Waals surface area (Å²) in [6, 6.07) is 6.76. The molecule has 1 N–H and O–H groups in total. The average Bonchev–Trinajstić information content (AvgIpc) is 2.80. The third-order valence-electron chi connectivity index (χ3n) is 4.48. The first-order valence-electron chi connectivity index (χ1n) is 10.1. The summed E-state index contributed by atoms with van der Waals surface area (Å²) in [5.41, 5.74) is 2.11.